The summed E-state index contributed by atoms with van der Waals surface area (Å²) in [5.41, 5.74) is 2.38. The van der Waals surface area contributed by atoms with E-state index in [9.17, 15) is 9.90 Å². The third-order valence-corrected chi connectivity index (χ3v) is 4.02. The molecule has 122 valence electrons. The number of ether oxygens (including phenoxy) is 1. The first kappa shape index (κ1) is 16.1. The van der Waals surface area contributed by atoms with Crippen LogP contribution in [0.15, 0.2) is 48.5 Å². The Hall–Kier alpha value is -2.77. The van der Waals surface area contributed by atoms with Crippen LogP contribution in [0.3, 0.4) is 0 Å². The average Bonchev–Trinajstić information content (AvgIpc) is 3.06. The molecule has 24 heavy (non-hydrogen) atoms. The first-order valence-corrected chi connectivity index (χ1v) is 7.89. The van der Waals surface area contributed by atoms with Crippen LogP contribution in [-0.2, 0) is 0 Å². The minimum atomic E-state index is -0.399. The Morgan fingerprint density at radius 2 is 1.67 bits per heavy atom. The van der Waals surface area contributed by atoms with Crippen molar-refractivity contribution in [1.29, 1.82) is 0 Å². The van der Waals surface area contributed by atoms with E-state index in [1.54, 1.807) is 24.1 Å². The normalized spacial score (nSPS) is 16.4. The van der Waals surface area contributed by atoms with Gasteiger partial charge in [0.25, 0.3) is 5.91 Å². The zero-order valence-electron chi connectivity index (χ0n) is 13.5. The molecule has 0 aliphatic carbocycles. The van der Waals surface area contributed by atoms with E-state index in [0.29, 0.717) is 25.1 Å². The van der Waals surface area contributed by atoms with E-state index in [4.69, 9.17) is 4.74 Å². The highest BCUT2D eigenvalue weighted by atomic mass is 16.5. The van der Waals surface area contributed by atoms with Gasteiger partial charge in [-0.2, -0.15) is 0 Å². The number of aliphatic hydroxyl groups is 1. The zero-order valence-corrected chi connectivity index (χ0v) is 13.5. The largest absolute Gasteiger partial charge is 0.497 e. The van der Waals surface area contributed by atoms with Gasteiger partial charge in [0.1, 0.15) is 5.75 Å². The monoisotopic (exact) mass is 321 g/mol. The molecule has 4 heteroatoms. The summed E-state index contributed by atoms with van der Waals surface area (Å²) in [6.07, 6.45) is 0.251. The Kier molecular flexibility index (Phi) is 4.83. The van der Waals surface area contributed by atoms with E-state index in [1.807, 2.05) is 36.4 Å². The van der Waals surface area contributed by atoms with Crippen molar-refractivity contribution in [2.75, 3.05) is 20.2 Å². The van der Waals surface area contributed by atoms with E-state index in [-0.39, 0.29) is 5.91 Å². The number of methoxy groups -OCH3 is 1. The standard InChI is InChI=1S/C20H19NO3/c1-24-19-10-6-16(7-11-19)3-2-15-4-8-17(9-5-15)20(23)21-13-12-18(22)14-21/h4-11,18,22H,12-14H2,1H3/t18-/m0/s1. The summed E-state index contributed by atoms with van der Waals surface area (Å²) in [4.78, 5) is 14.0. The molecule has 1 aliphatic rings. The molecule has 3 rings (SSSR count). The number of likely N-dealkylation sites (tertiary alicyclic amines) is 1. The topological polar surface area (TPSA) is 49.8 Å². The van der Waals surface area contributed by atoms with Crippen molar-refractivity contribution < 1.29 is 14.6 Å². The van der Waals surface area contributed by atoms with Crippen LogP contribution in [0.5, 0.6) is 5.75 Å². The third-order valence-electron chi connectivity index (χ3n) is 4.02. The molecule has 1 N–H and O–H groups in total. The fourth-order valence-corrected chi connectivity index (χ4v) is 2.62. The van der Waals surface area contributed by atoms with Crippen LogP contribution in [0.2, 0.25) is 0 Å². The van der Waals surface area contributed by atoms with Crippen molar-refractivity contribution in [2.24, 2.45) is 0 Å². The molecular weight excluding hydrogens is 302 g/mol. The number of aliphatic hydroxyl groups excluding tert-OH is 1. The molecule has 0 bridgehead atoms. The molecule has 0 aromatic heterocycles. The first-order chi connectivity index (χ1) is 11.7. The number of amides is 1. The molecule has 2 aromatic rings. The highest BCUT2D eigenvalue weighted by Crippen LogP contribution is 2.14. The van der Waals surface area contributed by atoms with Crippen LogP contribution in [0.25, 0.3) is 0 Å². The molecule has 0 saturated carbocycles. The van der Waals surface area contributed by atoms with Crippen LogP contribution < -0.4 is 4.74 Å². The van der Waals surface area contributed by atoms with Crippen LogP contribution in [0.4, 0.5) is 0 Å². The van der Waals surface area contributed by atoms with Crippen molar-refractivity contribution in [2.45, 2.75) is 12.5 Å². The second-order valence-electron chi connectivity index (χ2n) is 5.75. The lowest BCUT2D eigenvalue weighted by atomic mass is 10.1. The third kappa shape index (κ3) is 3.76. The molecule has 2 aromatic carbocycles. The SMILES string of the molecule is COc1ccc(C#Cc2ccc(C(=O)N3CC[C@H](O)C3)cc2)cc1. The molecule has 0 unspecified atom stereocenters. The minimum Gasteiger partial charge on any atom is -0.497 e. The molecule has 4 nitrogen and oxygen atoms in total. The summed E-state index contributed by atoms with van der Waals surface area (Å²) < 4.78 is 5.12. The number of benzene rings is 2. The van der Waals surface area contributed by atoms with Gasteiger partial charge < -0.3 is 14.7 Å². The number of β-amino-alcohol motifs (C(OH)–C–C–N with tert-alkyl or cyclic N) is 1. The Morgan fingerprint density at radius 3 is 2.17 bits per heavy atom. The van der Waals surface area contributed by atoms with Gasteiger partial charge in [-0.15, -0.1) is 0 Å². The predicted octanol–water partition coefficient (Wildman–Crippen LogP) is 2.30. The molecule has 1 amide bonds. The summed E-state index contributed by atoms with van der Waals surface area (Å²) in [6, 6.07) is 14.8. The fourth-order valence-electron chi connectivity index (χ4n) is 2.62. The van der Waals surface area contributed by atoms with Crippen molar-refractivity contribution in [3.8, 4) is 17.6 Å². The quantitative estimate of drug-likeness (QED) is 0.864. The van der Waals surface area contributed by atoms with Crippen molar-refractivity contribution in [3.05, 3.63) is 65.2 Å². The molecule has 1 fully saturated rings. The maximum atomic E-state index is 12.3. The summed E-state index contributed by atoms with van der Waals surface area (Å²) in [7, 11) is 1.63. The minimum absolute atomic E-state index is 0.0405. The zero-order chi connectivity index (χ0) is 16.9. The van der Waals surface area contributed by atoms with Crippen molar-refractivity contribution >= 4 is 5.91 Å². The van der Waals surface area contributed by atoms with Gasteiger partial charge in [0.05, 0.1) is 13.2 Å². The highest BCUT2D eigenvalue weighted by Gasteiger charge is 2.25. The lowest BCUT2D eigenvalue weighted by molar-refractivity contribution is 0.0765. The van der Waals surface area contributed by atoms with Gasteiger partial charge in [-0.1, -0.05) is 11.8 Å². The van der Waals surface area contributed by atoms with Gasteiger partial charge in [-0.3, -0.25) is 4.79 Å². The Bertz CT molecular complexity index is 769. The fraction of sp³-hybridized carbons (Fsp3) is 0.250. The van der Waals surface area contributed by atoms with Gasteiger partial charge in [-0.05, 0) is 55.0 Å². The van der Waals surface area contributed by atoms with Crippen molar-refractivity contribution in [1.82, 2.24) is 4.90 Å². The maximum absolute atomic E-state index is 12.3. The number of hydrogen-bond donors (Lipinski definition) is 1. The maximum Gasteiger partial charge on any atom is 0.253 e. The number of rotatable bonds is 2. The van der Waals surface area contributed by atoms with E-state index < -0.39 is 6.10 Å². The van der Waals surface area contributed by atoms with Gasteiger partial charge in [0.2, 0.25) is 0 Å². The van der Waals surface area contributed by atoms with Crippen LogP contribution in [0, 0.1) is 11.8 Å². The van der Waals surface area contributed by atoms with E-state index in [0.717, 1.165) is 16.9 Å². The molecule has 0 radical (unpaired) electrons. The Balaban J connectivity index is 1.68. The van der Waals surface area contributed by atoms with E-state index in [1.165, 1.54) is 0 Å². The van der Waals surface area contributed by atoms with E-state index in [2.05, 4.69) is 11.8 Å². The van der Waals surface area contributed by atoms with Gasteiger partial charge in [0, 0.05) is 29.8 Å². The summed E-state index contributed by atoms with van der Waals surface area (Å²) in [6.45, 7) is 1.02. The second-order valence-corrected chi connectivity index (χ2v) is 5.75. The molecule has 1 aliphatic heterocycles. The summed E-state index contributed by atoms with van der Waals surface area (Å²) >= 11 is 0. The highest BCUT2D eigenvalue weighted by molar-refractivity contribution is 5.94. The lowest BCUT2D eigenvalue weighted by Crippen LogP contribution is -2.29. The van der Waals surface area contributed by atoms with Gasteiger partial charge in [0.15, 0.2) is 0 Å². The number of carbonyl (C=O) groups excluding carboxylic acids is 1. The van der Waals surface area contributed by atoms with Crippen LogP contribution in [0.1, 0.15) is 27.9 Å². The number of nitrogens with zero attached hydrogens (tertiary/aromatic N) is 1. The molecule has 1 atom stereocenters. The molecular formula is C20H19NO3. The van der Waals surface area contributed by atoms with Crippen LogP contribution >= 0.6 is 0 Å². The summed E-state index contributed by atoms with van der Waals surface area (Å²) in [5, 5.41) is 9.53. The first-order valence-electron chi connectivity index (χ1n) is 7.89. The predicted molar refractivity (Wildman–Crippen MR) is 91.9 cm³/mol. The Morgan fingerprint density at radius 1 is 1.08 bits per heavy atom. The molecule has 1 saturated heterocycles. The lowest BCUT2D eigenvalue weighted by Gasteiger charge is -2.15. The van der Waals surface area contributed by atoms with E-state index >= 15 is 0 Å². The molecule has 1 heterocycles. The van der Waals surface area contributed by atoms with Gasteiger partial charge >= 0.3 is 0 Å². The Labute approximate surface area is 141 Å². The number of carbonyl (C=O) groups is 1. The second kappa shape index (κ2) is 7.20. The van der Waals surface area contributed by atoms with Crippen molar-refractivity contribution in [3.63, 3.8) is 0 Å². The summed E-state index contributed by atoms with van der Waals surface area (Å²) in [5.74, 6) is 6.93. The number of hydrogen-bond acceptors (Lipinski definition) is 3. The van der Waals surface area contributed by atoms with Crippen LogP contribution in [-0.4, -0.2) is 42.2 Å². The smallest absolute Gasteiger partial charge is 0.253 e. The molecule has 0 spiro atoms. The van der Waals surface area contributed by atoms with Gasteiger partial charge in [-0.25, -0.2) is 0 Å². The average molecular weight is 321 g/mol.